The maximum absolute atomic E-state index is 13.7. The largest absolute Gasteiger partial charge is 0.494 e. The van der Waals surface area contributed by atoms with Crippen molar-refractivity contribution in [2.75, 3.05) is 11.9 Å². The first kappa shape index (κ1) is 13.8. The number of nitriles is 1. The fraction of sp³-hybridized carbons (Fsp3) is 0.133. The Kier molecular flexibility index (Phi) is 4.16. The summed E-state index contributed by atoms with van der Waals surface area (Å²) >= 11 is 0. The van der Waals surface area contributed by atoms with E-state index in [1.165, 1.54) is 0 Å². The van der Waals surface area contributed by atoms with Crippen LogP contribution in [0.15, 0.2) is 36.4 Å². The second kappa shape index (κ2) is 6.02. The van der Waals surface area contributed by atoms with Crippen molar-refractivity contribution in [1.29, 1.82) is 5.26 Å². The van der Waals surface area contributed by atoms with E-state index in [-0.39, 0.29) is 11.3 Å². The van der Waals surface area contributed by atoms with E-state index >= 15 is 0 Å². The highest BCUT2D eigenvalue weighted by Gasteiger charge is 2.11. The molecule has 3 nitrogen and oxygen atoms in total. The van der Waals surface area contributed by atoms with E-state index in [1.807, 2.05) is 6.92 Å². The van der Waals surface area contributed by atoms with Crippen LogP contribution in [0.1, 0.15) is 12.5 Å². The monoisotopic (exact) mass is 274 g/mol. The number of hydrogen-bond donors (Lipinski definition) is 1. The third-order valence-corrected chi connectivity index (χ3v) is 2.61. The molecule has 102 valence electrons. The molecule has 0 spiro atoms. The predicted molar refractivity (Wildman–Crippen MR) is 72.0 cm³/mol. The first-order valence-corrected chi connectivity index (χ1v) is 6.03. The molecular formula is C15H12F2N2O. The third kappa shape index (κ3) is 3.04. The van der Waals surface area contributed by atoms with Crippen molar-refractivity contribution in [2.24, 2.45) is 0 Å². The van der Waals surface area contributed by atoms with Gasteiger partial charge in [0.1, 0.15) is 11.4 Å². The van der Waals surface area contributed by atoms with Crippen LogP contribution in [0, 0.1) is 23.0 Å². The van der Waals surface area contributed by atoms with E-state index < -0.39 is 11.6 Å². The van der Waals surface area contributed by atoms with E-state index in [1.54, 1.807) is 30.3 Å². The second-order valence-corrected chi connectivity index (χ2v) is 4.01. The lowest BCUT2D eigenvalue weighted by Gasteiger charge is -2.10. The van der Waals surface area contributed by atoms with Crippen molar-refractivity contribution < 1.29 is 13.5 Å². The SMILES string of the molecule is CCOc1ccc(Nc2c(F)cc(C#N)cc2F)cc1. The Morgan fingerprint density at radius 1 is 1.15 bits per heavy atom. The van der Waals surface area contributed by atoms with Crippen LogP contribution in [-0.2, 0) is 0 Å². The molecule has 0 atom stereocenters. The van der Waals surface area contributed by atoms with E-state index in [9.17, 15) is 8.78 Å². The maximum Gasteiger partial charge on any atom is 0.150 e. The zero-order valence-corrected chi connectivity index (χ0v) is 10.8. The first-order valence-electron chi connectivity index (χ1n) is 6.03. The fourth-order valence-corrected chi connectivity index (χ4v) is 1.70. The molecule has 0 amide bonds. The van der Waals surface area contributed by atoms with Gasteiger partial charge >= 0.3 is 0 Å². The zero-order valence-electron chi connectivity index (χ0n) is 10.8. The van der Waals surface area contributed by atoms with E-state index in [4.69, 9.17) is 10.00 Å². The molecular weight excluding hydrogens is 262 g/mol. The Labute approximate surface area is 115 Å². The molecule has 0 saturated carbocycles. The highest BCUT2D eigenvalue weighted by molar-refractivity contribution is 5.62. The highest BCUT2D eigenvalue weighted by Crippen LogP contribution is 2.25. The molecule has 0 bridgehead atoms. The van der Waals surface area contributed by atoms with Crippen molar-refractivity contribution >= 4 is 11.4 Å². The van der Waals surface area contributed by atoms with Gasteiger partial charge in [-0.1, -0.05) is 0 Å². The summed E-state index contributed by atoms with van der Waals surface area (Å²) in [4.78, 5) is 0. The topological polar surface area (TPSA) is 45.0 Å². The lowest BCUT2D eigenvalue weighted by molar-refractivity contribution is 0.340. The van der Waals surface area contributed by atoms with Gasteiger partial charge in [-0.3, -0.25) is 0 Å². The normalized spacial score (nSPS) is 9.90. The van der Waals surface area contributed by atoms with Gasteiger partial charge in [0.25, 0.3) is 0 Å². The molecule has 0 heterocycles. The van der Waals surface area contributed by atoms with Crippen LogP contribution in [-0.4, -0.2) is 6.61 Å². The molecule has 0 unspecified atom stereocenters. The van der Waals surface area contributed by atoms with Gasteiger partial charge in [-0.2, -0.15) is 5.26 Å². The molecule has 2 aromatic rings. The molecule has 0 radical (unpaired) electrons. The summed E-state index contributed by atoms with van der Waals surface area (Å²) in [6.45, 7) is 2.42. The Balaban J connectivity index is 2.24. The lowest BCUT2D eigenvalue weighted by atomic mass is 10.2. The molecule has 0 aromatic heterocycles. The third-order valence-electron chi connectivity index (χ3n) is 2.61. The molecule has 0 aliphatic carbocycles. The Morgan fingerprint density at radius 3 is 2.25 bits per heavy atom. The molecule has 0 aliphatic rings. The predicted octanol–water partition coefficient (Wildman–Crippen LogP) is 3.98. The molecule has 5 heteroatoms. The van der Waals surface area contributed by atoms with Crippen LogP contribution in [0.4, 0.5) is 20.2 Å². The summed E-state index contributed by atoms with van der Waals surface area (Å²) in [5, 5.41) is 11.3. The Hall–Kier alpha value is -2.61. The van der Waals surface area contributed by atoms with Gasteiger partial charge in [-0.05, 0) is 43.3 Å². The summed E-state index contributed by atoms with van der Waals surface area (Å²) in [7, 11) is 0. The van der Waals surface area contributed by atoms with E-state index in [0.29, 0.717) is 18.0 Å². The Morgan fingerprint density at radius 2 is 1.75 bits per heavy atom. The van der Waals surface area contributed by atoms with E-state index in [2.05, 4.69) is 5.32 Å². The average molecular weight is 274 g/mol. The minimum Gasteiger partial charge on any atom is -0.494 e. The molecule has 20 heavy (non-hydrogen) atoms. The van der Waals surface area contributed by atoms with Crippen LogP contribution < -0.4 is 10.1 Å². The molecule has 2 aromatic carbocycles. The number of rotatable bonds is 4. The van der Waals surface area contributed by atoms with Gasteiger partial charge in [0, 0.05) is 5.69 Å². The van der Waals surface area contributed by atoms with Gasteiger partial charge < -0.3 is 10.1 Å². The molecule has 0 aliphatic heterocycles. The summed E-state index contributed by atoms with van der Waals surface area (Å²) in [6, 6.07) is 10.4. The summed E-state index contributed by atoms with van der Waals surface area (Å²) in [6.07, 6.45) is 0. The van der Waals surface area contributed by atoms with Crippen LogP contribution in [0.25, 0.3) is 0 Å². The Bertz CT molecular complexity index is 625. The van der Waals surface area contributed by atoms with Gasteiger partial charge in [0.05, 0.1) is 18.2 Å². The summed E-state index contributed by atoms with van der Waals surface area (Å²) in [5.74, 6) is -0.940. The van der Waals surface area contributed by atoms with E-state index in [0.717, 1.165) is 12.1 Å². The molecule has 0 fully saturated rings. The minimum atomic E-state index is -0.810. The van der Waals surface area contributed by atoms with Gasteiger partial charge in [-0.25, -0.2) is 8.78 Å². The number of benzene rings is 2. The number of ether oxygens (including phenoxy) is 1. The number of halogens is 2. The molecule has 0 saturated heterocycles. The number of nitrogens with zero attached hydrogens (tertiary/aromatic N) is 1. The van der Waals surface area contributed by atoms with Crippen LogP contribution in [0.2, 0.25) is 0 Å². The zero-order chi connectivity index (χ0) is 14.5. The average Bonchev–Trinajstić information content (AvgIpc) is 2.44. The lowest BCUT2D eigenvalue weighted by Crippen LogP contribution is -1.99. The van der Waals surface area contributed by atoms with Crippen molar-refractivity contribution in [3.05, 3.63) is 53.6 Å². The van der Waals surface area contributed by atoms with Crippen molar-refractivity contribution in [1.82, 2.24) is 0 Å². The van der Waals surface area contributed by atoms with Crippen LogP contribution in [0.5, 0.6) is 5.75 Å². The number of anilines is 2. The smallest absolute Gasteiger partial charge is 0.150 e. The minimum absolute atomic E-state index is 0.0581. The summed E-state index contributed by atoms with van der Waals surface area (Å²) < 4.78 is 32.7. The van der Waals surface area contributed by atoms with Gasteiger partial charge in [0.15, 0.2) is 11.6 Å². The van der Waals surface area contributed by atoms with Crippen LogP contribution >= 0.6 is 0 Å². The quantitative estimate of drug-likeness (QED) is 0.917. The number of hydrogen-bond acceptors (Lipinski definition) is 3. The van der Waals surface area contributed by atoms with Crippen molar-refractivity contribution in [3.63, 3.8) is 0 Å². The molecule has 2 rings (SSSR count). The maximum atomic E-state index is 13.7. The molecule has 1 N–H and O–H groups in total. The van der Waals surface area contributed by atoms with Gasteiger partial charge in [-0.15, -0.1) is 0 Å². The second-order valence-electron chi connectivity index (χ2n) is 4.01. The van der Waals surface area contributed by atoms with Crippen molar-refractivity contribution in [2.45, 2.75) is 6.92 Å². The fourth-order valence-electron chi connectivity index (χ4n) is 1.70. The van der Waals surface area contributed by atoms with Gasteiger partial charge in [0.2, 0.25) is 0 Å². The van der Waals surface area contributed by atoms with Crippen molar-refractivity contribution in [3.8, 4) is 11.8 Å². The van der Waals surface area contributed by atoms with Crippen LogP contribution in [0.3, 0.4) is 0 Å². The highest BCUT2D eigenvalue weighted by atomic mass is 19.1. The summed E-state index contributed by atoms with van der Waals surface area (Å²) in [5.41, 5.74) is 0.182. The first-order chi connectivity index (χ1) is 9.63. The number of nitrogens with one attached hydrogen (secondary N) is 1. The standard InChI is InChI=1S/C15H12F2N2O/c1-2-20-12-5-3-11(4-6-12)19-15-13(16)7-10(9-18)8-14(15)17/h3-8,19H,2H2,1H3.